The lowest BCUT2D eigenvalue weighted by molar-refractivity contribution is 0.822. The zero-order chi connectivity index (χ0) is 13.5. The maximum atomic E-state index is 5.75. The number of aromatic nitrogens is 3. The summed E-state index contributed by atoms with van der Waals surface area (Å²) in [7, 11) is 0. The Morgan fingerprint density at radius 1 is 1.45 bits per heavy atom. The summed E-state index contributed by atoms with van der Waals surface area (Å²) in [5, 5.41) is 7.18. The molecule has 0 atom stereocenters. The normalized spacial score (nSPS) is 10.9. The molecule has 2 aromatic heterocycles. The molecule has 0 saturated heterocycles. The fourth-order valence-corrected chi connectivity index (χ4v) is 1.57. The number of nitrogens with zero attached hydrogens (tertiary/aromatic N) is 4. The SMILES string of the molecule is CCCNC(N)=NCc1ccnc(-n2cccn2)c1.I. The van der Waals surface area contributed by atoms with E-state index in [0.717, 1.165) is 24.3 Å². The Labute approximate surface area is 135 Å². The van der Waals surface area contributed by atoms with Crippen molar-refractivity contribution in [3.8, 4) is 5.82 Å². The van der Waals surface area contributed by atoms with E-state index in [1.165, 1.54) is 0 Å². The molecule has 2 aromatic rings. The second-order valence-corrected chi connectivity index (χ2v) is 4.10. The lowest BCUT2D eigenvalue weighted by Crippen LogP contribution is -2.32. The van der Waals surface area contributed by atoms with Crippen LogP contribution in [-0.4, -0.2) is 27.3 Å². The summed E-state index contributed by atoms with van der Waals surface area (Å²) in [5.74, 6) is 1.25. The number of hydrogen-bond acceptors (Lipinski definition) is 3. The van der Waals surface area contributed by atoms with Gasteiger partial charge < -0.3 is 11.1 Å². The van der Waals surface area contributed by atoms with E-state index >= 15 is 0 Å². The summed E-state index contributed by atoms with van der Waals surface area (Å²) in [5.41, 5.74) is 6.79. The lowest BCUT2D eigenvalue weighted by atomic mass is 10.2. The molecule has 0 aliphatic carbocycles. The van der Waals surface area contributed by atoms with Gasteiger partial charge in [0.1, 0.15) is 0 Å². The monoisotopic (exact) mass is 386 g/mol. The van der Waals surface area contributed by atoms with Crippen LogP contribution in [0, 0.1) is 0 Å². The largest absolute Gasteiger partial charge is 0.370 e. The van der Waals surface area contributed by atoms with E-state index in [1.54, 1.807) is 17.1 Å². The second kappa shape index (κ2) is 8.51. The third-order valence-electron chi connectivity index (χ3n) is 2.54. The van der Waals surface area contributed by atoms with Crippen LogP contribution in [-0.2, 0) is 6.54 Å². The molecular formula is C13H19IN6. The van der Waals surface area contributed by atoms with Crippen LogP contribution in [0.2, 0.25) is 0 Å². The van der Waals surface area contributed by atoms with Crippen molar-refractivity contribution in [1.29, 1.82) is 0 Å². The van der Waals surface area contributed by atoms with Gasteiger partial charge in [-0.3, -0.25) is 0 Å². The summed E-state index contributed by atoms with van der Waals surface area (Å²) < 4.78 is 1.71. The number of aliphatic imine (C=N–C) groups is 1. The Hall–Kier alpha value is -1.64. The van der Waals surface area contributed by atoms with Crippen molar-refractivity contribution < 1.29 is 0 Å². The molecule has 0 unspecified atom stereocenters. The van der Waals surface area contributed by atoms with E-state index in [-0.39, 0.29) is 24.0 Å². The summed E-state index contributed by atoms with van der Waals surface area (Å²) in [6.07, 6.45) is 6.35. The highest BCUT2D eigenvalue weighted by atomic mass is 127. The van der Waals surface area contributed by atoms with Crippen molar-refractivity contribution in [1.82, 2.24) is 20.1 Å². The first-order valence-corrected chi connectivity index (χ1v) is 6.28. The molecule has 2 heterocycles. The average molecular weight is 386 g/mol. The van der Waals surface area contributed by atoms with E-state index in [1.807, 2.05) is 24.4 Å². The molecule has 0 amide bonds. The van der Waals surface area contributed by atoms with Gasteiger partial charge in [-0.25, -0.2) is 14.7 Å². The van der Waals surface area contributed by atoms with Crippen LogP contribution >= 0.6 is 24.0 Å². The zero-order valence-electron chi connectivity index (χ0n) is 11.4. The van der Waals surface area contributed by atoms with E-state index < -0.39 is 0 Å². The van der Waals surface area contributed by atoms with Gasteiger partial charge in [-0.05, 0) is 30.2 Å². The Morgan fingerprint density at radius 3 is 3.00 bits per heavy atom. The Morgan fingerprint density at radius 2 is 2.30 bits per heavy atom. The van der Waals surface area contributed by atoms with Gasteiger partial charge in [0.05, 0.1) is 6.54 Å². The highest BCUT2D eigenvalue weighted by Crippen LogP contribution is 2.07. The quantitative estimate of drug-likeness (QED) is 0.466. The van der Waals surface area contributed by atoms with Gasteiger partial charge in [-0.2, -0.15) is 5.10 Å². The summed E-state index contributed by atoms with van der Waals surface area (Å²) >= 11 is 0. The average Bonchev–Trinajstić information content (AvgIpc) is 2.97. The molecule has 0 aliphatic heterocycles. The molecule has 0 radical (unpaired) electrons. The summed E-state index contributed by atoms with van der Waals surface area (Å²) in [6, 6.07) is 5.73. The highest BCUT2D eigenvalue weighted by molar-refractivity contribution is 14.0. The minimum absolute atomic E-state index is 0. The summed E-state index contributed by atoms with van der Waals surface area (Å²) in [4.78, 5) is 8.54. The number of nitrogens with one attached hydrogen (secondary N) is 1. The molecular weight excluding hydrogens is 367 g/mol. The molecule has 20 heavy (non-hydrogen) atoms. The molecule has 0 saturated carbocycles. The predicted octanol–water partition coefficient (Wildman–Crippen LogP) is 1.70. The minimum atomic E-state index is 0. The Balaban J connectivity index is 0.00000200. The number of guanidine groups is 1. The minimum Gasteiger partial charge on any atom is -0.370 e. The van der Waals surface area contributed by atoms with Crippen molar-refractivity contribution in [3.63, 3.8) is 0 Å². The molecule has 0 aromatic carbocycles. The molecule has 0 aliphatic rings. The fourth-order valence-electron chi connectivity index (χ4n) is 1.57. The first-order chi connectivity index (χ1) is 9.29. The topological polar surface area (TPSA) is 81.1 Å². The van der Waals surface area contributed by atoms with Crippen LogP contribution in [0.15, 0.2) is 41.8 Å². The van der Waals surface area contributed by atoms with Crippen molar-refractivity contribution in [3.05, 3.63) is 42.4 Å². The molecule has 0 fully saturated rings. The van der Waals surface area contributed by atoms with Crippen molar-refractivity contribution in [2.75, 3.05) is 6.54 Å². The van der Waals surface area contributed by atoms with E-state index in [4.69, 9.17) is 5.73 Å². The molecule has 0 bridgehead atoms. The van der Waals surface area contributed by atoms with Gasteiger partial charge in [-0.1, -0.05) is 6.92 Å². The summed E-state index contributed by atoms with van der Waals surface area (Å²) in [6.45, 7) is 3.45. The van der Waals surface area contributed by atoms with E-state index in [0.29, 0.717) is 12.5 Å². The van der Waals surface area contributed by atoms with Crippen LogP contribution in [0.1, 0.15) is 18.9 Å². The van der Waals surface area contributed by atoms with Gasteiger partial charge >= 0.3 is 0 Å². The first-order valence-electron chi connectivity index (χ1n) is 6.28. The number of halogens is 1. The first kappa shape index (κ1) is 16.4. The van der Waals surface area contributed by atoms with Crippen molar-refractivity contribution >= 4 is 29.9 Å². The Bertz CT molecular complexity index is 538. The number of pyridine rings is 1. The molecule has 6 nitrogen and oxygen atoms in total. The van der Waals surface area contributed by atoms with Gasteiger partial charge in [0.25, 0.3) is 0 Å². The van der Waals surface area contributed by atoms with Gasteiger partial charge in [0.15, 0.2) is 11.8 Å². The molecule has 2 rings (SSSR count). The van der Waals surface area contributed by atoms with Gasteiger partial charge in [-0.15, -0.1) is 24.0 Å². The second-order valence-electron chi connectivity index (χ2n) is 4.10. The standard InChI is InChI=1S/C13H18N6.HI/c1-2-5-16-13(14)17-10-11-4-7-15-12(9-11)19-8-3-6-18-19;/h3-4,6-9H,2,5,10H2,1H3,(H3,14,16,17);1H. The van der Waals surface area contributed by atoms with Gasteiger partial charge in [0.2, 0.25) is 0 Å². The maximum absolute atomic E-state index is 5.75. The molecule has 0 spiro atoms. The van der Waals surface area contributed by atoms with Gasteiger partial charge in [0, 0.05) is 25.1 Å². The highest BCUT2D eigenvalue weighted by Gasteiger charge is 1.99. The third kappa shape index (κ3) is 4.80. The zero-order valence-corrected chi connectivity index (χ0v) is 13.7. The van der Waals surface area contributed by atoms with Crippen LogP contribution < -0.4 is 11.1 Å². The number of rotatable bonds is 5. The number of hydrogen-bond donors (Lipinski definition) is 2. The van der Waals surface area contributed by atoms with E-state index in [9.17, 15) is 0 Å². The smallest absolute Gasteiger partial charge is 0.188 e. The van der Waals surface area contributed by atoms with Crippen LogP contribution in [0.25, 0.3) is 5.82 Å². The van der Waals surface area contributed by atoms with Crippen LogP contribution in [0.4, 0.5) is 0 Å². The predicted molar refractivity (Wildman–Crippen MR) is 90.4 cm³/mol. The number of nitrogens with two attached hydrogens (primary N) is 1. The van der Waals surface area contributed by atoms with Crippen molar-refractivity contribution in [2.45, 2.75) is 19.9 Å². The molecule has 7 heteroatoms. The third-order valence-corrected chi connectivity index (χ3v) is 2.54. The van der Waals surface area contributed by atoms with E-state index in [2.05, 4.69) is 27.3 Å². The van der Waals surface area contributed by atoms with Crippen LogP contribution in [0.5, 0.6) is 0 Å². The lowest BCUT2D eigenvalue weighted by Gasteiger charge is -2.05. The Kier molecular flexibility index (Phi) is 6.99. The fraction of sp³-hybridized carbons (Fsp3) is 0.308. The molecule has 108 valence electrons. The molecule has 3 N–H and O–H groups in total. The van der Waals surface area contributed by atoms with Crippen molar-refractivity contribution in [2.24, 2.45) is 10.7 Å². The van der Waals surface area contributed by atoms with Crippen LogP contribution in [0.3, 0.4) is 0 Å². The maximum Gasteiger partial charge on any atom is 0.188 e.